The van der Waals surface area contributed by atoms with Crippen molar-refractivity contribution in [1.29, 1.82) is 0 Å². The van der Waals surface area contributed by atoms with Crippen LogP contribution in [-0.2, 0) is 11.3 Å². The molecule has 1 rings (SSSR count). The van der Waals surface area contributed by atoms with Crippen molar-refractivity contribution >= 4 is 25.4 Å². The van der Waals surface area contributed by atoms with E-state index in [-0.39, 0.29) is 15.0 Å². The molecule has 0 aliphatic carbocycles. The van der Waals surface area contributed by atoms with Crippen LogP contribution in [0.4, 0.5) is 0 Å². The van der Waals surface area contributed by atoms with Gasteiger partial charge in [-0.2, -0.15) is 0 Å². The van der Waals surface area contributed by atoms with Crippen molar-refractivity contribution in [3.8, 4) is 0 Å². The fraction of sp³-hybridized carbons (Fsp3) is 0.417. The quantitative estimate of drug-likeness (QED) is 0.721. The fourth-order valence-electron chi connectivity index (χ4n) is 1.37. The Bertz CT molecular complexity index is 383. The van der Waals surface area contributed by atoms with Crippen LogP contribution in [0.15, 0.2) is 24.3 Å². The molecule has 0 aliphatic heterocycles. The number of benzene rings is 1. The Morgan fingerprint density at radius 2 is 2.12 bits per heavy atom. The molecule has 1 atom stereocenters. The molecule has 94 valence electrons. The van der Waals surface area contributed by atoms with E-state index >= 15 is 0 Å². The van der Waals surface area contributed by atoms with Gasteiger partial charge >= 0.3 is 108 Å². The second-order valence-corrected chi connectivity index (χ2v) is 6.33. The molecule has 3 N–H and O–H groups in total. The summed E-state index contributed by atoms with van der Waals surface area (Å²) in [7, 11) is 4.04. The van der Waals surface area contributed by atoms with Gasteiger partial charge in [-0.3, -0.25) is 0 Å². The van der Waals surface area contributed by atoms with Crippen LogP contribution >= 0.6 is 0 Å². The molecule has 0 heterocycles. The molecule has 0 aromatic heterocycles. The van der Waals surface area contributed by atoms with Crippen molar-refractivity contribution in [1.82, 2.24) is 4.90 Å². The molecule has 0 bridgehead atoms. The first kappa shape index (κ1) is 14.2. The van der Waals surface area contributed by atoms with E-state index in [0.29, 0.717) is 5.32 Å². The summed E-state index contributed by atoms with van der Waals surface area (Å²) in [6.45, 7) is 0.875. The van der Waals surface area contributed by atoms with E-state index < -0.39 is 12.0 Å². The van der Waals surface area contributed by atoms with Crippen LogP contribution < -0.4 is 10.2 Å². The van der Waals surface area contributed by atoms with Gasteiger partial charge in [-0.1, -0.05) is 0 Å². The van der Waals surface area contributed by atoms with Crippen molar-refractivity contribution in [2.45, 2.75) is 17.9 Å². The monoisotopic (exact) mass is 302 g/mol. The molecule has 0 spiro atoms. The van der Waals surface area contributed by atoms with Crippen LogP contribution in [0.1, 0.15) is 5.56 Å². The van der Waals surface area contributed by atoms with E-state index in [9.17, 15) is 4.79 Å². The third-order valence-electron chi connectivity index (χ3n) is 2.19. The van der Waals surface area contributed by atoms with Gasteiger partial charge < -0.3 is 0 Å². The van der Waals surface area contributed by atoms with E-state index in [1.807, 2.05) is 26.2 Å². The normalized spacial score (nSPS) is 12.7. The Kier molecular flexibility index (Phi) is 5.65. The molecule has 17 heavy (non-hydrogen) atoms. The summed E-state index contributed by atoms with van der Waals surface area (Å²) in [4.78, 5) is 12.8. The molecule has 4 nitrogen and oxygen atoms in total. The van der Waals surface area contributed by atoms with E-state index in [4.69, 9.17) is 10.8 Å². The van der Waals surface area contributed by atoms with Gasteiger partial charge in [-0.05, 0) is 0 Å². The van der Waals surface area contributed by atoms with Crippen molar-refractivity contribution < 1.29 is 9.90 Å². The Morgan fingerprint density at radius 3 is 2.71 bits per heavy atom. The predicted octanol–water partition coefficient (Wildman–Crippen LogP) is -0.0921. The molecule has 0 aliphatic rings. The SMILES string of the molecule is CN(C)Cc1ccccc1[Se]C[C@H](N)C(=O)O. The summed E-state index contributed by atoms with van der Waals surface area (Å²) in [6.07, 6.45) is 0. The maximum absolute atomic E-state index is 10.7. The molecule has 0 amide bonds. The maximum atomic E-state index is 10.7. The molecular formula is C12H18N2O2Se. The van der Waals surface area contributed by atoms with Crippen molar-refractivity contribution in [3.63, 3.8) is 0 Å². The number of carboxylic acid groups (broad SMARTS) is 1. The topological polar surface area (TPSA) is 66.6 Å². The van der Waals surface area contributed by atoms with Crippen molar-refractivity contribution in [2.24, 2.45) is 5.73 Å². The van der Waals surface area contributed by atoms with Crippen LogP contribution in [-0.4, -0.2) is 51.1 Å². The van der Waals surface area contributed by atoms with E-state index in [2.05, 4.69) is 17.0 Å². The second-order valence-electron chi connectivity index (χ2n) is 4.10. The minimum absolute atomic E-state index is 0.115. The first-order valence-corrected chi connectivity index (χ1v) is 7.41. The summed E-state index contributed by atoms with van der Waals surface area (Å²) >= 11 is 0.115. The third-order valence-corrected chi connectivity index (χ3v) is 4.79. The number of rotatable bonds is 6. The zero-order valence-corrected chi connectivity index (χ0v) is 11.8. The summed E-state index contributed by atoms with van der Waals surface area (Å²) in [5.41, 5.74) is 6.78. The molecule has 0 unspecified atom stereocenters. The van der Waals surface area contributed by atoms with Gasteiger partial charge in [0, 0.05) is 0 Å². The average molecular weight is 301 g/mol. The zero-order chi connectivity index (χ0) is 12.8. The van der Waals surface area contributed by atoms with Gasteiger partial charge in [0.05, 0.1) is 0 Å². The first-order chi connectivity index (χ1) is 8.00. The van der Waals surface area contributed by atoms with E-state index in [0.717, 1.165) is 6.54 Å². The summed E-state index contributed by atoms with van der Waals surface area (Å²) in [5, 5.41) is 9.29. The van der Waals surface area contributed by atoms with Crippen LogP contribution in [0.3, 0.4) is 0 Å². The number of hydrogen-bond acceptors (Lipinski definition) is 3. The Labute approximate surface area is 108 Å². The molecule has 5 heteroatoms. The third kappa shape index (κ3) is 4.88. The molecule has 0 radical (unpaired) electrons. The number of hydrogen-bond donors (Lipinski definition) is 2. The summed E-state index contributed by atoms with van der Waals surface area (Å²) in [5.74, 6) is -0.919. The number of carbonyl (C=O) groups is 1. The van der Waals surface area contributed by atoms with Gasteiger partial charge in [0.25, 0.3) is 0 Å². The molecule has 0 saturated carbocycles. The summed E-state index contributed by atoms with van der Waals surface area (Å²) in [6, 6.07) is 7.40. The van der Waals surface area contributed by atoms with E-state index in [1.165, 1.54) is 10.0 Å². The van der Waals surface area contributed by atoms with Crippen molar-refractivity contribution in [2.75, 3.05) is 14.1 Å². The van der Waals surface area contributed by atoms with Gasteiger partial charge in [0.2, 0.25) is 0 Å². The van der Waals surface area contributed by atoms with Gasteiger partial charge in [0.15, 0.2) is 0 Å². The van der Waals surface area contributed by atoms with Gasteiger partial charge in [-0.25, -0.2) is 0 Å². The Morgan fingerprint density at radius 1 is 1.47 bits per heavy atom. The van der Waals surface area contributed by atoms with Crippen LogP contribution in [0.5, 0.6) is 0 Å². The van der Waals surface area contributed by atoms with Gasteiger partial charge in [0.1, 0.15) is 0 Å². The average Bonchev–Trinajstić information content (AvgIpc) is 2.26. The predicted molar refractivity (Wildman–Crippen MR) is 69.6 cm³/mol. The molecule has 0 fully saturated rings. The van der Waals surface area contributed by atoms with Crippen LogP contribution in [0.25, 0.3) is 0 Å². The zero-order valence-electron chi connectivity index (χ0n) is 10.1. The molecule has 1 aromatic carbocycles. The number of nitrogens with zero attached hydrogens (tertiary/aromatic N) is 1. The standard InChI is InChI=1S/C12H18N2O2Se/c1-14(2)7-9-5-3-4-6-11(9)17-8-10(13)12(15)16/h3-6,10H,7-8,13H2,1-2H3,(H,15,16)/t10-/m0/s1. The number of aliphatic carboxylic acids is 1. The van der Waals surface area contributed by atoms with Crippen LogP contribution in [0.2, 0.25) is 5.32 Å². The van der Waals surface area contributed by atoms with Crippen LogP contribution in [0, 0.1) is 0 Å². The number of nitrogens with two attached hydrogens (primary N) is 1. The molecule has 1 aromatic rings. The van der Waals surface area contributed by atoms with Crippen molar-refractivity contribution in [3.05, 3.63) is 29.8 Å². The Balaban J connectivity index is 2.66. The fourth-order valence-corrected chi connectivity index (χ4v) is 3.45. The molecule has 0 saturated heterocycles. The van der Waals surface area contributed by atoms with E-state index in [1.54, 1.807) is 0 Å². The van der Waals surface area contributed by atoms with Gasteiger partial charge in [-0.15, -0.1) is 0 Å². The minimum atomic E-state index is -0.919. The molecular weight excluding hydrogens is 283 g/mol. The summed E-state index contributed by atoms with van der Waals surface area (Å²) < 4.78 is 1.24. The Hall–Kier alpha value is -0.871. The second kappa shape index (κ2) is 6.77. The first-order valence-electron chi connectivity index (χ1n) is 5.34. The number of carboxylic acids is 1.